The average Bonchev–Trinajstić information content (AvgIpc) is 2.61. The van der Waals surface area contributed by atoms with Crippen LogP contribution in [0, 0.1) is 5.82 Å². The number of amides is 1. The fourth-order valence-electron chi connectivity index (χ4n) is 2.39. The molecule has 0 aliphatic heterocycles. The number of carbonyl (C=O) groups is 1. The Kier molecular flexibility index (Phi) is 5.93. The minimum absolute atomic E-state index is 0.149. The molecule has 24 heavy (non-hydrogen) atoms. The Morgan fingerprint density at radius 2 is 1.83 bits per heavy atom. The van der Waals surface area contributed by atoms with Crippen molar-refractivity contribution in [3.8, 4) is 5.75 Å². The summed E-state index contributed by atoms with van der Waals surface area (Å²) in [5.74, 6) is 0.0944. The highest BCUT2D eigenvalue weighted by atomic mass is 19.1. The zero-order valence-corrected chi connectivity index (χ0v) is 14.1. The number of hydrogen-bond acceptors (Lipinski definition) is 3. The summed E-state index contributed by atoms with van der Waals surface area (Å²) in [6.45, 7) is 4.36. The summed E-state index contributed by atoms with van der Waals surface area (Å²) in [5, 5.41) is 2.80. The van der Waals surface area contributed by atoms with Gasteiger partial charge in [-0.25, -0.2) is 4.39 Å². The molecule has 0 radical (unpaired) electrons. The second kappa shape index (κ2) is 7.93. The average molecular weight is 331 g/mol. The highest BCUT2D eigenvalue weighted by molar-refractivity contribution is 5.94. The van der Waals surface area contributed by atoms with Gasteiger partial charge < -0.3 is 14.8 Å². The van der Waals surface area contributed by atoms with E-state index in [-0.39, 0.29) is 18.3 Å². The van der Waals surface area contributed by atoms with Crippen LogP contribution in [0.2, 0.25) is 0 Å². The summed E-state index contributed by atoms with van der Waals surface area (Å²) in [7, 11) is 1.50. The van der Waals surface area contributed by atoms with Gasteiger partial charge in [0.15, 0.2) is 0 Å². The van der Waals surface area contributed by atoms with E-state index in [0.29, 0.717) is 23.5 Å². The van der Waals surface area contributed by atoms with Gasteiger partial charge in [-0.05, 0) is 44.2 Å². The lowest BCUT2D eigenvalue weighted by molar-refractivity contribution is 0.000388. The molecule has 2 rings (SSSR count). The Hall–Kier alpha value is -2.40. The van der Waals surface area contributed by atoms with Crippen LogP contribution in [0.5, 0.6) is 5.75 Å². The molecule has 0 aliphatic rings. The van der Waals surface area contributed by atoms with E-state index in [1.165, 1.54) is 13.2 Å². The van der Waals surface area contributed by atoms with Gasteiger partial charge in [0.05, 0.1) is 13.2 Å². The first-order chi connectivity index (χ1) is 11.5. The predicted molar refractivity (Wildman–Crippen MR) is 90.7 cm³/mol. The second-order valence-electron chi connectivity index (χ2n) is 5.55. The molecule has 1 amide bonds. The maximum Gasteiger partial charge on any atom is 0.251 e. The Morgan fingerprint density at radius 3 is 2.42 bits per heavy atom. The number of halogens is 1. The van der Waals surface area contributed by atoms with Crippen molar-refractivity contribution in [1.29, 1.82) is 0 Å². The lowest BCUT2D eigenvalue weighted by Crippen LogP contribution is -2.40. The Morgan fingerprint density at radius 1 is 1.17 bits per heavy atom. The lowest BCUT2D eigenvalue weighted by atomic mass is 9.95. The van der Waals surface area contributed by atoms with Crippen LogP contribution in [0.1, 0.15) is 29.8 Å². The molecule has 1 atom stereocenters. The van der Waals surface area contributed by atoms with Gasteiger partial charge in [-0.2, -0.15) is 0 Å². The lowest BCUT2D eigenvalue weighted by Gasteiger charge is -2.29. The first kappa shape index (κ1) is 17.9. The molecule has 5 heteroatoms. The molecule has 4 nitrogen and oxygen atoms in total. The zero-order chi connectivity index (χ0) is 17.6. The molecule has 2 aromatic rings. The molecule has 0 saturated heterocycles. The van der Waals surface area contributed by atoms with Gasteiger partial charge in [-0.15, -0.1) is 0 Å². The monoisotopic (exact) mass is 331 g/mol. The molecular formula is C19H22FNO3. The Balaban J connectivity index is 2.07. The predicted octanol–water partition coefficient (Wildman–Crippen LogP) is 3.52. The van der Waals surface area contributed by atoms with Gasteiger partial charge in [-0.3, -0.25) is 4.79 Å². The topological polar surface area (TPSA) is 47.6 Å². The van der Waals surface area contributed by atoms with Crippen LogP contribution >= 0.6 is 0 Å². The summed E-state index contributed by atoms with van der Waals surface area (Å²) in [6.07, 6.45) is 0. The van der Waals surface area contributed by atoms with Crippen molar-refractivity contribution in [3.63, 3.8) is 0 Å². The zero-order valence-electron chi connectivity index (χ0n) is 14.1. The third kappa shape index (κ3) is 4.11. The summed E-state index contributed by atoms with van der Waals surface area (Å²) in [4.78, 5) is 12.3. The van der Waals surface area contributed by atoms with Crippen LogP contribution in [-0.4, -0.2) is 26.2 Å². The van der Waals surface area contributed by atoms with Crippen LogP contribution in [0.25, 0.3) is 0 Å². The molecule has 0 heterocycles. The van der Waals surface area contributed by atoms with Crippen LogP contribution in [0.4, 0.5) is 4.39 Å². The van der Waals surface area contributed by atoms with Gasteiger partial charge >= 0.3 is 0 Å². The fourth-order valence-corrected chi connectivity index (χ4v) is 2.39. The smallest absolute Gasteiger partial charge is 0.251 e. The quantitative estimate of drug-likeness (QED) is 0.844. The molecule has 0 bridgehead atoms. The number of nitrogens with one attached hydrogen (secondary N) is 1. The van der Waals surface area contributed by atoms with E-state index >= 15 is 0 Å². The molecule has 0 fully saturated rings. The number of ether oxygens (including phenoxy) is 2. The fraction of sp³-hybridized carbons (Fsp3) is 0.316. The summed E-state index contributed by atoms with van der Waals surface area (Å²) in [6, 6.07) is 13.2. The summed E-state index contributed by atoms with van der Waals surface area (Å²) < 4.78 is 24.8. The maximum absolute atomic E-state index is 14.0. The molecule has 0 aliphatic carbocycles. The van der Waals surface area contributed by atoms with Crippen molar-refractivity contribution >= 4 is 5.91 Å². The number of methoxy groups -OCH3 is 1. The van der Waals surface area contributed by atoms with Gasteiger partial charge in [-0.1, -0.05) is 18.2 Å². The van der Waals surface area contributed by atoms with Gasteiger partial charge in [0.1, 0.15) is 17.2 Å². The van der Waals surface area contributed by atoms with Crippen LogP contribution in [-0.2, 0) is 10.3 Å². The molecule has 0 saturated carbocycles. The number of carbonyl (C=O) groups excluding carboxylic acids is 1. The first-order valence-corrected chi connectivity index (χ1v) is 7.81. The second-order valence-corrected chi connectivity index (χ2v) is 5.55. The summed E-state index contributed by atoms with van der Waals surface area (Å²) in [5.41, 5.74) is -0.0448. The van der Waals surface area contributed by atoms with Crippen molar-refractivity contribution in [3.05, 3.63) is 65.5 Å². The van der Waals surface area contributed by atoms with Crippen molar-refractivity contribution in [2.75, 3.05) is 20.3 Å². The van der Waals surface area contributed by atoms with Crippen molar-refractivity contribution in [2.45, 2.75) is 19.4 Å². The largest absolute Gasteiger partial charge is 0.494 e. The van der Waals surface area contributed by atoms with Crippen molar-refractivity contribution < 1.29 is 18.7 Å². The highest BCUT2D eigenvalue weighted by Crippen LogP contribution is 2.26. The minimum atomic E-state index is -0.952. The Bertz CT molecular complexity index is 687. The van der Waals surface area contributed by atoms with E-state index in [1.807, 2.05) is 6.92 Å². The molecule has 128 valence electrons. The van der Waals surface area contributed by atoms with Crippen LogP contribution in [0.15, 0.2) is 48.5 Å². The number of hydrogen-bond donors (Lipinski definition) is 1. The van der Waals surface area contributed by atoms with E-state index in [9.17, 15) is 9.18 Å². The third-order valence-corrected chi connectivity index (χ3v) is 3.91. The normalized spacial score (nSPS) is 13.2. The molecular weight excluding hydrogens is 309 g/mol. The van der Waals surface area contributed by atoms with E-state index in [2.05, 4.69) is 5.32 Å². The van der Waals surface area contributed by atoms with Crippen LogP contribution in [0.3, 0.4) is 0 Å². The summed E-state index contributed by atoms with van der Waals surface area (Å²) >= 11 is 0. The highest BCUT2D eigenvalue weighted by Gasteiger charge is 2.29. The standard InChI is InChI=1S/C19H22FNO3/c1-4-24-15-11-9-14(10-12-15)18(22)21-13-19(2,23-3)16-7-5-6-8-17(16)20/h5-12H,4,13H2,1-3H3,(H,21,22). The molecule has 0 aromatic heterocycles. The minimum Gasteiger partial charge on any atom is -0.494 e. The molecule has 1 N–H and O–H groups in total. The van der Waals surface area contributed by atoms with Gasteiger partial charge in [0.2, 0.25) is 0 Å². The number of benzene rings is 2. The van der Waals surface area contributed by atoms with E-state index < -0.39 is 5.60 Å². The number of rotatable bonds is 7. The van der Waals surface area contributed by atoms with Gasteiger partial charge in [0.25, 0.3) is 5.91 Å². The van der Waals surface area contributed by atoms with Crippen LogP contribution < -0.4 is 10.1 Å². The van der Waals surface area contributed by atoms with E-state index in [1.54, 1.807) is 49.4 Å². The molecule has 0 spiro atoms. The third-order valence-electron chi connectivity index (χ3n) is 3.91. The SMILES string of the molecule is CCOc1ccc(C(=O)NCC(C)(OC)c2ccccc2F)cc1. The molecule has 1 unspecified atom stereocenters. The first-order valence-electron chi connectivity index (χ1n) is 7.81. The van der Waals surface area contributed by atoms with E-state index in [0.717, 1.165) is 0 Å². The van der Waals surface area contributed by atoms with Crippen molar-refractivity contribution in [2.24, 2.45) is 0 Å². The Labute approximate surface area is 141 Å². The van der Waals surface area contributed by atoms with Gasteiger partial charge in [0, 0.05) is 18.2 Å². The van der Waals surface area contributed by atoms with Crippen molar-refractivity contribution in [1.82, 2.24) is 5.32 Å². The van der Waals surface area contributed by atoms with E-state index in [4.69, 9.17) is 9.47 Å². The maximum atomic E-state index is 14.0. The molecule has 2 aromatic carbocycles.